The van der Waals surface area contributed by atoms with E-state index in [9.17, 15) is 0 Å². The van der Waals surface area contributed by atoms with Gasteiger partial charge in [-0.25, -0.2) is 9.97 Å². The second-order valence-electron chi connectivity index (χ2n) is 6.31. The molecule has 1 heterocycles. The number of halogens is 1. The average Bonchev–Trinajstić information content (AvgIpc) is 2.60. The summed E-state index contributed by atoms with van der Waals surface area (Å²) in [5.41, 5.74) is 3.34. The van der Waals surface area contributed by atoms with E-state index in [0.29, 0.717) is 24.0 Å². The Bertz CT molecular complexity index is 676. The van der Waals surface area contributed by atoms with Crippen molar-refractivity contribution in [1.82, 2.24) is 9.97 Å². The number of ether oxygens (including phenoxy) is 1. The van der Waals surface area contributed by atoms with Crippen LogP contribution in [0, 0.1) is 13.8 Å². The van der Waals surface area contributed by atoms with Gasteiger partial charge in [0.05, 0.1) is 12.2 Å². The zero-order valence-corrected chi connectivity index (χ0v) is 16.2. The predicted molar refractivity (Wildman–Crippen MR) is 105 cm³/mol. The molecule has 0 amide bonds. The largest absolute Gasteiger partial charge is 0.491 e. The quantitative estimate of drug-likeness (QED) is 0.578. The van der Waals surface area contributed by atoms with E-state index in [4.69, 9.17) is 16.3 Å². The van der Waals surface area contributed by atoms with Crippen LogP contribution in [-0.2, 0) is 6.42 Å². The molecule has 1 N–H and O–H groups in total. The lowest BCUT2D eigenvalue weighted by Crippen LogP contribution is -2.13. The first-order valence-electron chi connectivity index (χ1n) is 9.05. The number of nitrogens with zero attached hydrogens (tertiary/aromatic N) is 2. The molecule has 0 saturated carbocycles. The second kappa shape index (κ2) is 10.2. The molecule has 0 aliphatic heterocycles. The van der Waals surface area contributed by atoms with E-state index >= 15 is 0 Å². The van der Waals surface area contributed by atoms with Crippen molar-refractivity contribution in [2.45, 2.75) is 52.9 Å². The number of aromatic nitrogens is 2. The molecule has 1 aromatic carbocycles. The van der Waals surface area contributed by atoms with E-state index in [0.717, 1.165) is 17.9 Å². The van der Waals surface area contributed by atoms with Gasteiger partial charge < -0.3 is 10.1 Å². The lowest BCUT2D eigenvalue weighted by atomic mass is 10.0. The highest BCUT2D eigenvalue weighted by Gasteiger charge is 2.05. The van der Waals surface area contributed by atoms with Gasteiger partial charge in [0, 0.05) is 0 Å². The van der Waals surface area contributed by atoms with Crippen LogP contribution in [0.4, 0.5) is 5.82 Å². The molecule has 0 aliphatic carbocycles. The Morgan fingerprint density at radius 3 is 2.72 bits per heavy atom. The monoisotopic (exact) mass is 361 g/mol. The van der Waals surface area contributed by atoms with Crippen LogP contribution in [0.5, 0.6) is 5.75 Å². The third-order valence-corrected chi connectivity index (χ3v) is 4.63. The first-order chi connectivity index (χ1) is 12.1. The van der Waals surface area contributed by atoms with Gasteiger partial charge in [-0.3, -0.25) is 0 Å². The molecule has 0 saturated heterocycles. The number of nitrogens with one attached hydrogen (secondary N) is 1. The summed E-state index contributed by atoms with van der Waals surface area (Å²) in [6, 6.07) is 6.48. The number of aryl methyl sites for hydroxylation is 3. The molecule has 2 aromatic rings. The molecule has 1 aromatic heterocycles. The maximum absolute atomic E-state index is 6.16. The minimum atomic E-state index is 0.552. The Balaban J connectivity index is 1.78. The van der Waals surface area contributed by atoms with Crippen LogP contribution in [-0.4, -0.2) is 23.1 Å². The highest BCUT2D eigenvalue weighted by atomic mass is 35.5. The van der Waals surface area contributed by atoms with Gasteiger partial charge in [0.15, 0.2) is 0 Å². The van der Waals surface area contributed by atoms with E-state index in [2.05, 4.69) is 47.3 Å². The summed E-state index contributed by atoms with van der Waals surface area (Å²) in [6.45, 7) is 7.39. The van der Waals surface area contributed by atoms with Crippen molar-refractivity contribution < 1.29 is 4.74 Å². The van der Waals surface area contributed by atoms with Crippen LogP contribution in [0.3, 0.4) is 0 Å². The van der Waals surface area contributed by atoms with Gasteiger partial charge in [-0.15, -0.1) is 0 Å². The van der Waals surface area contributed by atoms with Crippen LogP contribution in [0.15, 0.2) is 24.5 Å². The molecule has 0 bridgehead atoms. The lowest BCUT2D eigenvalue weighted by molar-refractivity contribution is 0.330. The Morgan fingerprint density at radius 1 is 1.12 bits per heavy atom. The van der Waals surface area contributed by atoms with Crippen molar-refractivity contribution in [3.8, 4) is 5.75 Å². The Kier molecular flexibility index (Phi) is 7.99. The van der Waals surface area contributed by atoms with Gasteiger partial charge in [-0.1, -0.05) is 49.9 Å². The molecule has 136 valence electrons. The standard InChI is InChI=1S/C20H28ClN3O/c1-4-5-6-7-8-17-9-10-18(15(2)13-17)25-12-11-22-20-19(21)16(3)23-14-24-20/h9-10,13-14H,4-8,11-12H2,1-3H3,(H,22,23,24). The maximum Gasteiger partial charge on any atom is 0.148 e. The van der Waals surface area contributed by atoms with E-state index in [1.807, 2.05) is 6.92 Å². The zero-order valence-electron chi connectivity index (χ0n) is 15.4. The zero-order chi connectivity index (χ0) is 18.1. The summed E-state index contributed by atoms with van der Waals surface area (Å²) >= 11 is 6.16. The number of hydrogen-bond donors (Lipinski definition) is 1. The summed E-state index contributed by atoms with van der Waals surface area (Å²) in [7, 11) is 0. The van der Waals surface area contributed by atoms with E-state index in [1.54, 1.807) is 0 Å². The number of benzene rings is 1. The molecular weight excluding hydrogens is 334 g/mol. The van der Waals surface area contributed by atoms with Crippen LogP contribution in [0.1, 0.15) is 49.4 Å². The van der Waals surface area contributed by atoms with Gasteiger partial charge in [-0.05, 0) is 43.9 Å². The summed E-state index contributed by atoms with van der Waals surface area (Å²) in [5.74, 6) is 1.58. The van der Waals surface area contributed by atoms with Crippen molar-refractivity contribution in [2.24, 2.45) is 0 Å². The van der Waals surface area contributed by atoms with E-state index < -0.39 is 0 Å². The van der Waals surface area contributed by atoms with Crippen molar-refractivity contribution in [3.63, 3.8) is 0 Å². The Hall–Kier alpha value is -1.81. The molecule has 0 unspecified atom stereocenters. The molecule has 0 atom stereocenters. The van der Waals surface area contributed by atoms with Gasteiger partial charge in [0.2, 0.25) is 0 Å². The van der Waals surface area contributed by atoms with E-state index in [1.165, 1.54) is 43.1 Å². The van der Waals surface area contributed by atoms with Gasteiger partial charge in [0.1, 0.15) is 29.5 Å². The maximum atomic E-state index is 6.16. The van der Waals surface area contributed by atoms with Crippen molar-refractivity contribution in [3.05, 3.63) is 46.4 Å². The molecule has 4 nitrogen and oxygen atoms in total. The molecule has 0 fully saturated rings. The van der Waals surface area contributed by atoms with Gasteiger partial charge in [-0.2, -0.15) is 0 Å². The summed E-state index contributed by atoms with van der Waals surface area (Å²) < 4.78 is 5.88. The van der Waals surface area contributed by atoms with Crippen LogP contribution in [0.25, 0.3) is 0 Å². The SMILES string of the molecule is CCCCCCc1ccc(OCCNc2ncnc(C)c2Cl)c(C)c1. The summed E-state index contributed by atoms with van der Waals surface area (Å²) in [6.07, 6.45) is 7.83. The summed E-state index contributed by atoms with van der Waals surface area (Å²) in [5, 5.41) is 3.75. The molecule has 0 spiro atoms. The number of hydrogen-bond acceptors (Lipinski definition) is 4. The molecule has 2 rings (SSSR count). The topological polar surface area (TPSA) is 47.0 Å². The number of anilines is 1. The van der Waals surface area contributed by atoms with Crippen LogP contribution in [0.2, 0.25) is 5.02 Å². The molecule has 0 aliphatic rings. The van der Waals surface area contributed by atoms with Crippen LogP contribution >= 0.6 is 11.6 Å². The van der Waals surface area contributed by atoms with Gasteiger partial charge >= 0.3 is 0 Å². The first-order valence-corrected chi connectivity index (χ1v) is 9.43. The predicted octanol–water partition coefficient (Wildman–Crippen LogP) is 5.36. The minimum absolute atomic E-state index is 0.552. The molecular formula is C20H28ClN3O. The fourth-order valence-electron chi connectivity index (χ4n) is 2.70. The van der Waals surface area contributed by atoms with Crippen molar-refractivity contribution in [2.75, 3.05) is 18.5 Å². The third-order valence-electron chi connectivity index (χ3n) is 4.17. The fraction of sp³-hybridized carbons (Fsp3) is 0.500. The highest BCUT2D eigenvalue weighted by Crippen LogP contribution is 2.22. The first kappa shape index (κ1) is 19.5. The van der Waals surface area contributed by atoms with Gasteiger partial charge in [0.25, 0.3) is 0 Å². The summed E-state index contributed by atoms with van der Waals surface area (Å²) in [4.78, 5) is 8.20. The lowest BCUT2D eigenvalue weighted by Gasteiger charge is -2.12. The number of rotatable bonds is 10. The minimum Gasteiger partial charge on any atom is -0.491 e. The molecule has 5 heteroatoms. The molecule has 0 radical (unpaired) electrons. The van der Waals surface area contributed by atoms with Crippen molar-refractivity contribution >= 4 is 17.4 Å². The van der Waals surface area contributed by atoms with E-state index in [-0.39, 0.29) is 0 Å². The second-order valence-corrected chi connectivity index (χ2v) is 6.69. The molecule has 25 heavy (non-hydrogen) atoms. The fourth-order valence-corrected chi connectivity index (χ4v) is 2.86. The number of unbranched alkanes of at least 4 members (excludes halogenated alkanes) is 3. The Morgan fingerprint density at radius 2 is 1.96 bits per heavy atom. The smallest absolute Gasteiger partial charge is 0.148 e. The Labute approximate surface area is 156 Å². The highest BCUT2D eigenvalue weighted by molar-refractivity contribution is 6.33. The van der Waals surface area contributed by atoms with Crippen LogP contribution < -0.4 is 10.1 Å². The van der Waals surface area contributed by atoms with Crippen molar-refractivity contribution in [1.29, 1.82) is 0 Å². The normalized spacial score (nSPS) is 10.7. The third kappa shape index (κ3) is 6.20. The average molecular weight is 362 g/mol.